The lowest BCUT2D eigenvalue weighted by molar-refractivity contribution is -0.138. The van der Waals surface area contributed by atoms with Crippen molar-refractivity contribution >= 4 is 28.6 Å². The number of fused-ring (bicyclic) bond motifs is 1. The summed E-state index contributed by atoms with van der Waals surface area (Å²) < 4.78 is 0. The fourth-order valence-electron chi connectivity index (χ4n) is 1.43. The molecule has 1 aromatic heterocycles. The van der Waals surface area contributed by atoms with Crippen molar-refractivity contribution < 1.29 is 9.90 Å². The summed E-state index contributed by atoms with van der Waals surface area (Å²) in [4.78, 5) is 19.1. The van der Waals surface area contributed by atoms with Crippen molar-refractivity contribution in [2.24, 2.45) is 4.99 Å². The van der Waals surface area contributed by atoms with Crippen LogP contribution in [-0.2, 0) is 4.79 Å². The Balaban J connectivity index is 2.49. The highest BCUT2D eigenvalue weighted by Gasteiger charge is 2.30. The lowest BCUT2D eigenvalue weighted by Gasteiger charge is -2.27. The van der Waals surface area contributed by atoms with E-state index in [4.69, 9.17) is 16.7 Å². The summed E-state index contributed by atoms with van der Waals surface area (Å²) in [6, 6.07) is 1.76. The van der Waals surface area contributed by atoms with Gasteiger partial charge in [0, 0.05) is 13.2 Å². The van der Waals surface area contributed by atoms with Gasteiger partial charge in [-0.25, -0.2) is 9.79 Å². The summed E-state index contributed by atoms with van der Waals surface area (Å²) in [5, 5.41) is 9.10. The molecular weight excluding hydrogens is 206 g/mol. The number of aromatic nitrogens is 1. The number of likely N-dealkylation sites (N-methyl/N-ethyl adjacent to an activating group) is 1. The number of aliphatic carboxylic acids is 1. The minimum atomic E-state index is -1.02. The van der Waals surface area contributed by atoms with Gasteiger partial charge in [0.1, 0.15) is 11.0 Å². The first-order chi connectivity index (χ1) is 6.61. The molecule has 1 aliphatic heterocycles. The minimum Gasteiger partial charge on any atom is -0.478 e. The van der Waals surface area contributed by atoms with E-state index in [0.717, 1.165) is 5.56 Å². The molecule has 0 aromatic carbocycles. The maximum Gasteiger partial charge on any atom is 0.349 e. The SMILES string of the molecule is CN1c2[nH]ccc2C(Cl)=NC1C(=O)O. The van der Waals surface area contributed by atoms with Crippen LogP contribution >= 0.6 is 11.6 Å². The smallest absolute Gasteiger partial charge is 0.349 e. The molecular formula is C8H8ClN3O2. The molecule has 1 aliphatic rings. The van der Waals surface area contributed by atoms with Crippen LogP contribution in [-0.4, -0.2) is 34.4 Å². The molecule has 1 atom stereocenters. The van der Waals surface area contributed by atoms with Gasteiger partial charge in [-0.15, -0.1) is 0 Å². The number of hydrogen-bond donors (Lipinski definition) is 2. The standard InChI is InChI=1S/C8H8ClN3O2/c1-12-6-4(2-3-10-6)5(9)11-7(12)8(13)14/h2-3,7,10H,1H3,(H,13,14). The summed E-state index contributed by atoms with van der Waals surface area (Å²) in [6.07, 6.45) is 0.747. The van der Waals surface area contributed by atoms with E-state index in [1.807, 2.05) is 0 Å². The Bertz CT molecular complexity index is 412. The van der Waals surface area contributed by atoms with Gasteiger partial charge in [0.05, 0.1) is 5.56 Å². The van der Waals surface area contributed by atoms with E-state index in [9.17, 15) is 4.79 Å². The number of anilines is 1. The molecule has 2 rings (SSSR count). The van der Waals surface area contributed by atoms with E-state index in [1.54, 1.807) is 19.3 Å². The Kier molecular flexibility index (Phi) is 1.96. The van der Waals surface area contributed by atoms with Crippen molar-refractivity contribution in [1.82, 2.24) is 4.98 Å². The number of nitrogens with zero attached hydrogens (tertiary/aromatic N) is 2. The Morgan fingerprint density at radius 2 is 2.50 bits per heavy atom. The van der Waals surface area contributed by atoms with Crippen LogP contribution in [0.15, 0.2) is 17.3 Å². The van der Waals surface area contributed by atoms with E-state index >= 15 is 0 Å². The molecule has 6 heteroatoms. The first-order valence-electron chi connectivity index (χ1n) is 3.98. The fraction of sp³-hybridized carbons (Fsp3) is 0.250. The normalized spacial score (nSPS) is 20.3. The second-order valence-corrected chi connectivity index (χ2v) is 3.34. The van der Waals surface area contributed by atoms with Crippen LogP contribution in [0.1, 0.15) is 5.56 Å². The molecule has 1 aromatic rings. The lowest BCUT2D eigenvalue weighted by atomic mass is 10.2. The molecule has 0 amide bonds. The first kappa shape index (κ1) is 9.08. The van der Waals surface area contributed by atoms with Gasteiger partial charge in [-0.05, 0) is 6.07 Å². The van der Waals surface area contributed by atoms with Gasteiger partial charge in [0.15, 0.2) is 0 Å². The highest BCUT2D eigenvalue weighted by molar-refractivity contribution is 6.70. The van der Waals surface area contributed by atoms with Crippen LogP contribution < -0.4 is 4.90 Å². The Morgan fingerprint density at radius 3 is 3.14 bits per heavy atom. The number of aromatic amines is 1. The molecule has 0 aliphatic carbocycles. The van der Waals surface area contributed by atoms with Crippen molar-refractivity contribution in [3.8, 4) is 0 Å². The van der Waals surface area contributed by atoms with E-state index in [1.165, 1.54) is 4.90 Å². The largest absolute Gasteiger partial charge is 0.478 e. The third kappa shape index (κ3) is 1.17. The molecule has 2 heterocycles. The number of H-pyrrole nitrogens is 1. The number of halogens is 1. The monoisotopic (exact) mass is 213 g/mol. The Morgan fingerprint density at radius 1 is 1.79 bits per heavy atom. The van der Waals surface area contributed by atoms with Crippen molar-refractivity contribution in [3.05, 3.63) is 17.8 Å². The molecule has 1 unspecified atom stereocenters. The molecule has 0 saturated carbocycles. The van der Waals surface area contributed by atoms with E-state index in [-0.39, 0.29) is 5.17 Å². The number of rotatable bonds is 1. The molecule has 0 radical (unpaired) electrons. The van der Waals surface area contributed by atoms with Crippen molar-refractivity contribution in [1.29, 1.82) is 0 Å². The van der Waals surface area contributed by atoms with Crippen molar-refractivity contribution in [2.75, 3.05) is 11.9 Å². The van der Waals surface area contributed by atoms with Gasteiger partial charge < -0.3 is 15.0 Å². The molecule has 0 spiro atoms. The number of carboxylic acid groups (broad SMARTS) is 1. The van der Waals surface area contributed by atoms with E-state index in [0.29, 0.717) is 5.82 Å². The van der Waals surface area contributed by atoms with Crippen molar-refractivity contribution in [3.63, 3.8) is 0 Å². The van der Waals surface area contributed by atoms with Gasteiger partial charge in [-0.1, -0.05) is 11.6 Å². The summed E-state index contributed by atoms with van der Waals surface area (Å²) >= 11 is 5.83. The molecule has 74 valence electrons. The second kappa shape index (κ2) is 3.02. The second-order valence-electron chi connectivity index (χ2n) is 2.98. The van der Waals surface area contributed by atoms with Crippen LogP contribution in [0.25, 0.3) is 0 Å². The number of carboxylic acids is 1. The average molecular weight is 214 g/mol. The van der Waals surface area contributed by atoms with Gasteiger partial charge in [-0.2, -0.15) is 0 Å². The molecule has 0 fully saturated rings. The fourth-order valence-corrected chi connectivity index (χ4v) is 1.67. The quantitative estimate of drug-likeness (QED) is 0.727. The van der Waals surface area contributed by atoms with Crippen LogP contribution in [0.2, 0.25) is 0 Å². The maximum absolute atomic E-state index is 10.8. The van der Waals surface area contributed by atoms with E-state index < -0.39 is 12.1 Å². The summed E-state index contributed by atoms with van der Waals surface area (Å²) in [5.41, 5.74) is 0.728. The molecule has 5 nitrogen and oxygen atoms in total. The number of carbonyl (C=O) groups is 1. The van der Waals surface area contributed by atoms with Crippen LogP contribution in [0.4, 0.5) is 5.82 Å². The minimum absolute atomic E-state index is 0.228. The highest BCUT2D eigenvalue weighted by atomic mass is 35.5. The van der Waals surface area contributed by atoms with Gasteiger partial charge in [0.2, 0.25) is 6.17 Å². The summed E-state index contributed by atoms with van der Waals surface area (Å²) in [6.45, 7) is 0. The molecule has 0 bridgehead atoms. The van der Waals surface area contributed by atoms with Crippen LogP contribution in [0.5, 0.6) is 0 Å². The Hall–Kier alpha value is -1.49. The van der Waals surface area contributed by atoms with Gasteiger partial charge in [0.25, 0.3) is 0 Å². The predicted molar refractivity (Wildman–Crippen MR) is 53.0 cm³/mol. The van der Waals surface area contributed by atoms with Gasteiger partial charge in [-0.3, -0.25) is 0 Å². The van der Waals surface area contributed by atoms with Crippen molar-refractivity contribution in [2.45, 2.75) is 6.17 Å². The Labute approximate surface area is 85.0 Å². The molecule has 14 heavy (non-hydrogen) atoms. The molecule has 2 N–H and O–H groups in total. The van der Waals surface area contributed by atoms with Crippen LogP contribution in [0.3, 0.4) is 0 Å². The van der Waals surface area contributed by atoms with Gasteiger partial charge >= 0.3 is 5.97 Å². The third-order valence-corrected chi connectivity index (χ3v) is 2.42. The zero-order valence-electron chi connectivity index (χ0n) is 7.36. The molecule has 0 saturated heterocycles. The third-order valence-electron chi connectivity index (χ3n) is 2.12. The summed E-state index contributed by atoms with van der Waals surface area (Å²) in [7, 11) is 1.65. The lowest BCUT2D eigenvalue weighted by Crippen LogP contribution is -2.40. The number of hydrogen-bond acceptors (Lipinski definition) is 3. The topological polar surface area (TPSA) is 68.7 Å². The maximum atomic E-state index is 10.8. The number of nitrogens with one attached hydrogen (secondary N) is 1. The first-order valence-corrected chi connectivity index (χ1v) is 4.35. The predicted octanol–water partition coefficient (Wildman–Crippen LogP) is 0.861. The van der Waals surface area contributed by atoms with Crippen LogP contribution in [0, 0.1) is 0 Å². The van der Waals surface area contributed by atoms with E-state index in [2.05, 4.69) is 9.98 Å². The number of aliphatic imine (C=N–C) groups is 1. The highest BCUT2D eigenvalue weighted by Crippen LogP contribution is 2.26. The zero-order valence-corrected chi connectivity index (χ0v) is 8.12. The zero-order chi connectivity index (χ0) is 10.3. The summed E-state index contributed by atoms with van der Waals surface area (Å²) in [5.74, 6) is -0.344. The average Bonchev–Trinajstić information content (AvgIpc) is 2.59.